The van der Waals surface area contributed by atoms with Gasteiger partial charge in [0, 0.05) is 10.4 Å². The number of alkyl halides is 1. The van der Waals surface area contributed by atoms with Gasteiger partial charge in [0.2, 0.25) is 0 Å². The Kier molecular flexibility index (Phi) is 2.28. The predicted molar refractivity (Wildman–Crippen MR) is 52.9 cm³/mol. The number of ether oxygens (including phenoxy) is 1. The summed E-state index contributed by atoms with van der Waals surface area (Å²) in [5.41, 5.74) is 1.35. The van der Waals surface area contributed by atoms with E-state index < -0.39 is 0 Å². The van der Waals surface area contributed by atoms with Gasteiger partial charge in [0.1, 0.15) is 11.6 Å². The third kappa shape index (κ3) is 1.46. The molecule has 1 heterocycles. The molecule has 1 aromatic carbocycles. The fourth-order valence-corrected chi connectivity index (χ4v) is 2.13. The highest BCUT2D eigenvalue weighted by Crippen LogP contribution is 2.39. The van der Waals surface area contributed by atoms with E-state index in [1.54, 1.807) is 13.0 Å². The maximum atomic E-state index is 13.6. The van der Waals surface area contributed by atoms with E-state index >= 15 is 0 Å². The van der Waals surface area contributed by atoms with Crippen LogP contribution in [0.2, 0.25) is 0 Å². The molecule has 0 radical (unpaired) electrons. The fourth-order valence-electron chi connectivity index (χ4n) is 1.52. The van der Waals surface area contributed by atoms with Gasteiger partial charge < -0.3 is 4.74 Å². The van der Waals surface area contributed by atoms with Crippen LogP contribution in [0.5, 0.6) is 5.75 Å². The molecule has 0 saturated heterocycles. The van der Waals surface area contributed by atoms with Crippen LogP contribution in [0.1, 0.15) is 22.4 Å². The number of hydrogen-bond acceptors (Lipinski definition) is 1. The lowest BCUT2D eigenvalue weighted by atomic mass is 10.0. The molecule has 0 aliphatic carbocycles. The van der Waals surface area contributed by atoms with Crippen LogP contribution in [0, 0.1) is 12.7 Å². The Morgan fingerprint density at radius 2 is 2.31 bits per heavy atom. The summed E-state index contributed by atoms with van der Waals surface area (Å²) in [6.07, 6.45) is 0.827. The lowest BCUT2D eigenvalue weighted by Gasteiger charge is -2.22. The molecule has 1 nitrogen and oxygen atoms in total. The monoisotopic (exact) mass is 244 g/mol. The summed E-state index contributed by atoms with van der Waals surface area (Å²) in [5, 5.41) is 0. The lowest BCUT2D eigenvalue weighted by molar-refractivity contribution is 0.283. The summed E-state index contributed by atoms with van der Waals surface area (Å²) < 4.78 is 19.0. The van der Waals surface area contributed by atoms with E-state index in [1.165, 1.54) is 0 Å². The first-order chi connectivity index (χ1) is 6.20. The molecule has 1 aliphatic rings. The number of rotatable bonds is 0. The van der Waals surface area contributed by atoms with Crippen LogP contribution < -0.4 is 4.74 Å². The summed E-state index contributed by atoms with van der Waals surface area (Å²) in [4.78, 5) is 0.0937. The molecule has 0 amide bonds. The number of aryl methyl sites for hydroxylation is 1. The first-order valence-corrected chi connectivity index (χ1v) is 5.17. The molecule has 1 aliphatic heterocycles. The van der Waals surface area contributed by atoms with Crippen molar-refractivity contribution in [2.24, 2.45) is 0 Å². The minimum absolute atomic E-state index is 0.0937. The standard InChI is InChI=1S/C10H10BrFO/c1-6-2-3-8-9(10(6)12)7(11)4-5-13-8/h2-3,7H,4-5H2,1H3. The second-order valence-corrected chi connectivity index (χ2v) is 4.32. The van der Waals surface area contributed by atoms with E-state index in [1.807, 2.05) is 6.07 Å². The third-order valence-electron chi connectivity index (χ3n) is 2.27. The molecular formula is C10H10BrFO. The van der Waals surface area contributed by atoms with Crippen LogP contribution >= 0.6 is 15.9 Å². The van der Waals surface area contributed by atoms with Crippen molar-refractivity contribution in [3.8, 4) is 5.75 Å². The Morgan fingerprint density at radius 1 is 1.54 bits per heavy atom. The van der Waals surface area contributed by atoms with E-state index in [0.29, 0.717) is 23.5 Å². The summed E-state index contributed by atoms with van der Waals surface area (Å²) in [6.45, 7) is 2.43. The highest BCUT2D eigenvalue weighted by atomic mass is 79.9. The second-order valence-electron chi connectivity index (χ2n) is 3.21. The fraction of sp³-hybridized carbons (Fsp3) is 0.400. The van der Waals surface area contributed by atoms with Gasteiger partial charge in [-0.2, -0.15) is 0 Å². The lowest BCUT2D eigenvalue weighted by Crippen LogP contribution is -2.12. The normalized spacial score (nSPS) is 20.7. The van der Waals surface area contributed by atoms with Crippen molar-refractivity contribution in [2.75, 3.05) is 6.61 Å². The molecule has 0 aromatic heterocycles. The number of hydrogen-bond donors (Lipinski definition) is 0. The first kappa shape index (κ1) is 9.00. The average molecular weight is 245 g/mol. The minimum atomic E-state index is -0.140. The SMILES string of the molecule is Cc1ccc2c(c1F)C(Br)CCO2. The molecule has 0 N–H and O–H groups in total. The van der Waals surface area contributed by atoms with Gasteiger partial charge >= 0.3 is 0 Å². The van der Waals surface area contributed by atoms with Crippen molar-refractivity contribution in [1.82, 2.24) is 0 Å². The highest BCUT2D eigenvalue weighted by Gasteiger charge is 2.23. The van der Waals surface area contributed by atoms with Gasteiger partial charge in [-0.3, -0.25) is 0 Å². The molecule has 70 valence electrons. The Morgan fingerprint density at radius 3 is 3.08 bits per heavy atom. The van der Waals surface area contributed by atoms with E-state index in [2.05, 4.69) is 15.9 Å². The molecule has 13 heavy (non-hydrogen) atoms. The zero-order chi connectivity index (χ0) is 9.42. The van der Waals surface area contributed by atoms with Crippen LogP contribution in [0.15, 0.2) is 12.1 Å². The largest absolute Gasteiger partial charge is 0.493 e. The van der Waals surface area contributed by atoms with E-state index in [9.17, 15) is 4.39 Å². The Balaban J connectivity index is 2.58. The van der Waals surface area contributed by atoms with E-state index in [4.69, 9.17) is 4.74 Å². The molecule has 2 rings (SSSR count). The van der Waals surface area contributed by atoms with Crippen LogP contribution in [0.25, 0.3) is 0 Å². The molecule has 1 aromatic rings. The quantitative estimate of drug-likeness (QED) is 0.637. The number of halogens is 2. The van der Waals surface area contributed by atoms with Crippen molar-refractivity contribution in [3.05, 3.63) is 29.1 Å². The van der Waals surface area contributed by atoms with Crippen molar-refractivity contribution in [2.45, 2.75) is 18.2 Å². The smallest absolute Gasteiger partial charge is 0.134 e. The summed E-state index contributed by atoms with van der Waals surface area (Å²) in [5.74, 6) is 0.537. The van der Waals surface area contributed by atoms with Crippen LogP contribution in [0.3, 0.4) is 0 Å². The molecule has 0 bridgehead atoms. The molecule has 3 heteroatoms. The Hall–Kier alpha value is -0.570. The van der Waals surface area contributed by atoms with Crippen molar-refractivity contribution >= 4 is 15.9 Å². The van der Waals surface area contributed by atoms with Gasteiger partial charge in [0.15, 0.2) is 0 Å². The van der Waals surface area contributed by atoms with Gasteiger partial charge in [0.25, 0.3) is 0 Å². The van der Waals surface area contributed by atoms with E-state index in [0.717, 1.165) is 6.42 Å². The third-order valence-corrected chi connectivity index (χ3v) is 3.19. The molecule has 0 fully saturated rings. The van der Waals surface area contributed by atoms with Gasteiger partial charge in [-0.25, -0.2) is 4.39 Å². The molecule has 1 unspecified atom stereocenters. The van der Waals surface area contributed by atoms with E-state index in [-0.39, 0.29) is 10.6 Å². The summed E-state index contributed by atoms with van der Waals surface area (Å²) in [6, 6.07) is 3.58. The van der Waals surface area contributed by atoms with Gasteiger partial charge in [-0.1, -0.05) is 22.0 Å². The molecule has 0 saturated carbocycles. The average Bonchev–Trinajstić information content (AvgIpc) is 2.12. The number of benzene rings is 1. The van der Waals surface area contributed by atoms with Crippen molar-refractivity contribution in [3.63, 3.8) is 0 Å². The summed E-state index contributed by atoms with van der Waals surface area (Å²) in [7, 11) is 0. The highest BCUT2D eigenvalue weighted by molar-refractivity contribution is 9.09. The molecule has 0 spiro atoms. The Labute approximate surface area is 85.0 Å². The number of fused-ring (bicyclic) bond motifs is 1. The second kappa shape index (κ2) is 3.29. The van der Waals surface area contributed by atoms with Crippen molar-refractivity contribution < 1.29 is 9.13 Å². The Bertz CT molecular complexity index is 338. The topological polar surface area (TPSA) is 9.23 Å². The van der Waals surface area contributed by atoms with Gasteiger partial charge in [-0.05, 0) is 25.0 Å². The zero-order valence-corrected chi connectivity index (χ0v) is 8.90. The van der Waals surface area contributed by atoms with Crippen molar-refractivity contribution in [1.29, 1.82) is 0 Å². The van der Waals surface area contributed by atoms with Gasteiger partial charge in [0.05, 0.1) is 6.61 Å². The predicted octanol–water partition coefficient (Wildman–Crippen LogP) is 3.35. The summed E-state index contributed by atoms with van der Waals surface area (Å²) >= 11 is 3.45. The maximum Gasteiger partial charge on any atom is 0.134 e. The maximum absolute atomic E-state index is 13.6. The van der Waals surface area contributed by atoms with Crippen LogP contribution in [-0.2, 0) is 0 Å². The first-order valence-electron chi connectivity index (χ1n) is 4.26. The van der Waals surface area contributed by atoms with Gasteiger partial charge in [-0.15, -0.1) is 0 Å². The zero-order valence-electron chi connectivity index (χ0n) is 7.31. The minimum Gasteiger partial charge on any atom is -0.493 e. The molecule has 1 atom stereocenters. The molecular weight excluding hydrogens is 235 g/mol. The van der Waals surface area contributed by atoms with Crippen LogP contribution in [0.4, 0.5) is 4.39 Å². The van der Waals surface area contributed by atoms with Crippen LogP contribution in [-0.4, -0.2) is 6.61 Å².